The van der Waals surface area contributed by atoms with Crippen LogP contribution in [-0.4, -0.2) is 61.7 Å². The molecular formula is C18H26N3O4+. The van der Waals surface area contributed by atoms with Gasteiger partial charge in [0.25, 0.3) is 13.0 Å². The largest absolute Gasteiger partial charge is 0.415 e. The summed E-state index contributed by atoms with van der Waals surface area (Å²) >= 11 is 0. The fourth-order valence-corrected chi connectivity index (χ4v) is 3.21. The second-order valence-corrected chi connectivity index (χ2v) is 6.18. The van der Waals surface area contributed by atoms with Crippen molar-refractivity contribution >= 4 is 24.0 Å². The van der Waals surface area contributed by atoms with Crippen LogP contribution in [0.25, 0.3) is 0 Å². The summed E-state index contributed by atoms with van der Waals surface area (Å²) in [4.78, 5) is 37.0. The zero-order valence-corrected chi connectivity index (χ0v) is 14.8. The number of allylic oxidation sites excluding steroid dienone is 2. The molecule has 2 rings (SSSR count). The molecule has 0 saturated carbocycles. The first kappa shape index (κ1) is 18.9. The highest BCUT2D eigenvalue weighted by Crippen LogP contribution is 2.19. The average molecular weight is 348 g/mol. The highest BCUT2D eigenvalue weighted by molar-refractivity contribution is 5.99. The van der Waals surface area contributed by atoms with Crippen molar-refractivity contribution in [3.8, 4) is 0 Å². The Labute approximate surface area is 147 Å². The number of hydrogen-bond donors (Lipinski definition) is 2. The lowest BCUT2D eigenvalue weighted by Crippen LogP contribution is -2.50. The summed E-state index contributed by atoms with van der Waals surface area (Å²) in [5.41, 5.74) is 1.69. The van der Waals surface area contributed by atoms with Crippen LogP contribution < -0.4 is 10.6 Å². The lowest BCUT2D eigenvalue weighted by molar-refractivity contribution is -0.425. The molecule has 2 aliphatic rings. The third-order valence-electron chi connectivity index (χ3n) is 4.53. The Hall–Kier alpha value is -2.44. The second-order valence-electron chi connectivity index (χ2n) is 6.18. The SMILES string of the molecule is C/[O+]=C(/NCC=O)[C@@H]1CCCN1C(=O)CNC(=O)C1=C(C)CCC=C1. The Kier molecular flexibility index (Phi) is 6.91. The van der Waals surface area contributed by atoms with Gasteiger partial charge in [-0.15, -0.1) is 0 Å². The van der Waals surface area contributed by atoms with Crippen molar-refractivity contribution in [1.29, 1.82) is 0 Å². The van der Waals surface area contributed by atoms with Crippen molar-refractivity contribution in [3.63, 3.8) is 0 Å². The summed E-state index contributed by atoms with van der Waals surface area (Å²) in [5, 5.41) is 5.61. The van der Waals surface area contributed by atoms with Crippen molar-refractivity contribution < 1.29 is 18.8 Å². The smallest absolute Gasteiger partial charge is 0.343 e. The van der Waals surface area contributed by atoms with E-state index < -0.39 is 0 Å². The highest BCUT2D eigenvalue weighted by Gasteiger charge is 2.38. The van der Waals surface area contributed by atoms with Crippen molar-refractivity contribution in [1.82, 2.24) is 15.5 Å². The number of amides is 3. The van der Waals surface area contributed by atoms with Crippen molar-refractivity contribution in [2.45, 2.75) is 38.6 Å². The average Bonchev–Trinajstić information content (AvgIpc) is 3.10. The van der Waals surface area contributed by atoms with E-state index in [1.807, 2.05) is 19.1 Å². The maximum absolute atomic E-state index is 12.5. The van der Waals surface area contributed by atoms with Crippen LogP contribution in [0.2, 0.25) is 0 Å². The predicted molar refractivity (Wildman–Crippen MR) is 93.8 cm³/mol. The van der Waals surface area contributed by atoms with E-state index in [0.717, 1.165) is 37.5 Å². The van der Waals surface area contributed by atoms with Gasteiger partial charge in [-0.05, 0) is 32.6 Å². The van der Waals surface area contributed by atoms with Crippen molar-refractivity contribution in [2.24, 2.45) is 0 Å². The number of nitrogens with zero attached hydrogens (tertiary/aromatic N) is 1. The Morgan fingerprint density at radius 3 is 2.88 bits per heavy atom. The van der Waals surface area contributed by atoms with Crippen LogP contribution in [0.15, 0.2) is 23.3 Å². The molecule has 1 heterocycles. The molecule has 1 saturated heterocycles. The first-order valence-electron chi connectivity index (χ1n) is 8.60. The van der Waals surface area contributed by atoms with Crippen LogP contribution in [0.1, 0.15) is 32.6 Å². The first-order valence-corrected chi connectivity index (χ1v) is 8.60. The minimum Gasteiger partial charge on any atom is -0.343 e. The van der Waals surface area contributed by atoms with Crippen LogP contribution in [0.4, 0.5) is 0 Å². The molecule has 7 heteroatoms. The van der Waals surface area contributed by atoms with Gasteiger partial charge in [0.1, 0.15) is 6.29 Å². The van der Waals surface area contributed by atoms with E-state index in [2.05, 4.69) is 10.6 Å². The third kappa shape index (κ3) is 4.78. The fourth-order valence-electron chi connectivity index (χ4n) is 3.21. The zero-order chi connectivity index (χ0) is 18.2. The van der Waals surface area contributed by atoms with Crippen LogP contribution in [0.5, 0.6) is 0 Å². The van der Waals surface area contributed by atoms with Gasteiger partial charge in [0.15, 0.2) is 6.04 Å². The van der Waals surface area contributed by atoms with Gasteiger partial charge in [-0.25, -0.2) is 4.42 Å². The summed E-state index contributed by atoms with van der Waals surface area (Å²) in [6, 6.07) is -0.218. The van der Waals surface area contributed by atoms with E-state index in [9.17, 15) is 14.4 Å². The summed E-state index contributed by atoms with van der Waals surface area (Å²) < 4.78 is 5.30. The van der Waals surface area contributed by atoms with Gasteiger partial charge in [0.2, 0.25) is 5.91 Å². The summed E-state index contributed by atoms with van der Waals surface area (Å²) in [5.74, 6) is 0.141. The fraction of sp³-hybridized carbons (Fsp3) is 0.556. The molecule has 136 valence electrons. The molecule has 0 bridgehead atoms. The normalized spacial score (nSPS) is 20.6. The van der Waals surface area contributed by atoms with Crippen LogP contribution in [-0.2, 0) is 18.8 Å². The van der Waals surface area contributed by atoms with Gasteiger partial charge in [-0.1, -0.05) is 17.7 Å². The third-order valence-corrected chi connectivity index (χ3v) is 4.53. The predicted octanol–water partition coefficient (Wildman–Crippen LogP) is 0.241. The van der Waals surface area contributed by atoms with Gasteiger partial charge < -0.3 is 20.3 Å². The molecule has 0 radical (unpaired) electrons. The summed E-state index contributed by atoms with van der Waals surface area (Å²) in [6.07, 6.45) is 7.97. The maximum Gasteiger partial charge on any atom is 0.415 e. The van der Waals surface area contributed by atoms with Crippen molar-refractivity contribution in [3.05, 3.63) is 23.3 Å². The van der Waals surface area contributed by atoms with Crippen LogP contribution in [0.3, 0.4) is 0 Å². The Morgan fingerprint density at radius 2 is 2.20 bits per heavy atom. The van der Waals surface area contributed by atoms with Crippen molar-refractivity contribution in [2.75, 3.05) is 26.7 Å². The maximum atomic E-state index is 12.5. The van der Waals surface area contributed by atoms with E-state index >= 15 is 0 Å². The van der Waals surface area contributed by atoms with Gasteiger partial charge in [0.05, 0.1) is 13.1 Å². The number of rotatable bonds is 6. The molecule has 0 aromatic carbocycles. The molecule has 0 aromatic heterocycles. The molecule has 1 aliphatic carbocycles. The Bertz CT molecular complexity index is 622. The van der Waals surface area contributed by atoms with Gasteiger partial charge in [0, 0.05) is 12.1 Å². The Morgan fingerprint density at radius 1 is 1.40 bits per heavy atom. The minimum atomic E-state index is -0.218. The number of carbonyl (C=O) groups excluding carboxylic acids is 4. The molecular weight excluding hydrogens is 322 g/mol. The van der Waals surface area contributed by atoms with E-state index in [1.54, 1.807) is 4.90 Å². The van der Waals surface area contributed by atoms with Crippen LogP contribution >= 0.6 is 0 Å². The molecule has 0 aromatic rings. The molecule has 0 spiro atoms. The molecule has 1 atom stereocenters. The topological polar surface area (TPSA) is 89.8 Å². The van der Waals surface area contributed by atoms with Gasteiger partial charge in [-0.3, -0.25) is 9.59 Å². The zero-order valence-electron chi connectivity index (χ0n) is 14.8. The monoisotopic (exact) mass is 348 g/mol. The standard InChI is InChI=1S/C18H25N3O4/c1-13-6-3-4-7-14(13)17(24)20-12-16(23)21-10-5-8-15(21)18(25-2)19-9-11-22/h4,7,11,15,19H,3,5-6,8-10,12H2,1-2H3/p+1/t15-/m0/s1. The summed E-state index contributed by atoms with van der Waals surface area (Å²) in [6.45, 7) is 2.63. The molecule has 0 unspecified atom stereocenters. The number of aldehydes is 1. The van der Waals surface area contributed by atoms with E-state index in [0.29, 0.717) is 18.0 Å². The number of carbonyl (C=O) groups is 3. The number of likely N-dealkylation sites (tertiary alicyclic amines) is 1. The lowest BCUT2D eigenvalue weighted by Gasteiger charge is -2.22. The number of nitrogens with one attached hydrogen (secondary N) is 2. The summed E-state index contributed by atoms with van der Waals surface area (Å²) in [7, 11) is 1.51. The van der Waals surface area contributed by atoms with Crippen LogP contribution in [0, 0.1) is 0 Å². The first-order chi connectivity index (χ1) is 12.1. The molecule has 25 heavy (non-hydrogen) atoms. The molecule has 2 N–H and O–H groups in total. The van der Waals surface area contributed by atoms with E-state index in [1.165, 1.54) is 7.11 Å². The van der Waals surface area contributed by atoms with Gasteiger partial charge >= 0.3 is 5.91 Å². The molecule has 3 amide bonds. The molecule has 7 nitrogen and oxygen atoms in total. The number of hydrogen-bond acceptors (Lipinski definition) is 3. The second kappa shape index (κ2) is 9.15. The van der Waals surface area contributed by atoms with Gasteiger partial charge in [-0.2, -0.15) is 0 Å². The Balaban J connectivity index is 1.94. The highest BCUT2D eigenvalue weighted by atomic mass is 16.4. The molecule has 1 fully saturated rings. The van der Waals surface area contributed by atoms with E-state index in [-0.39, 0.29) is 30.9 Å². The van der Waals surface area contributed by atoms with E-state index in [4.69, 9.17) is 4.42 Å². The quantitative estimate of drug-likeness (QED) is 0.532. The lowest BCUT2D eigenvalue weighted by atomic mass is 9.98. The molecule has 1 aliphatic heterocycles. The minimum absolute atomic E-state index is 0.0510.